The van der Waals surface area contributed by atoms with Gasteiger partial charge in [0.2, 0.25) is 15.9 Å². The molecule has 1 spiro atoms. The number of hydrogen-bond acceptors (Lipinski definition) is 5. The summed E-state index contributed by atoms with van der Waals surface area (Å²) in [7, 11) is -3.35. The van der Waals surface area contributed by atoms with Crippen molar-refractivity contribution in [1.29, 1.82) is 0 Å². The molecule has 1 atom stereocenters. The lowest BCUT2D eigenvalue weighted by atomic mass is 9.74. The number of nitrogens with two attached hydrogens (primary N) is 1. The van der Waals surface area contributed by atoms with Crippen LogP contribution in [0.25, 0.3) is 0 Å². The molecule has 0 saturated carbocycles. The summed E-state index contributed by atoms with van der Waals surface area (Å²) in [6.07, 6.45) is 2.66. The van der Waals surface area contributed by atoms with Crippen molar-refractivity contribution < 1.29 is 17.9 Å². The van der Waals surface area contributed by atoms with E-state index in [1.165, 1.54) is 10.6 Å². The summed E-state index contributed by atoms with van der Waals surface area (Å²) in [5, 5.41) is 0. The third-order valence-electron chi connectivity index (χ3n) is 6.35. The maximum Gasteiger partial charge on any atom is 0.241 e. The van der Waals surface area contributed by atoms with Crippen molar-refractivity contribution >= 4 is 21.6 Å². The van der Waals surface area contributed by atoms with Gasteiger partial charge in [-0.15, -0.1) is 0 Å². The van der Waals surface area contributed by atoms with Gasteiger partial charge in [0.25, 0.3) is 0 Å². The normalized spacial score (nSPS) is 18.8. The molecule has 2 N–H and O–H groups in total. The van der Waals surface area contributed by atoms with E-state index in [1.807, 2.05) is 54.6 Å². The quantitative estimate of drug-likeness (QED) is 0.736. The van der Waals surface area contributed by atoms with Crippen LogP contribution in [-0.4, -0.2) is 57.8 Å². The molecule has 4 rings (SSSR count). The van der Waals surface area contributed by atoms with Gasteiger partial charge in [-0.05, 0) is 30.0 Å². The van der Waals surface area contributed by atoms with Crippen LogP contribution in [0.3, 0.4) is 0 Å². The van der Waals surface area contributed by atoms with Gasteiger partial charge in [-0.3, -0.25) is 9.10 Å². The SMILES string of the molecule is CS(=O)(=O)N1CC2(CCN(C(=O)C(N)COCc3ccccc3)CC2)c2ccccc21. The van der Waals surface area contributed by atoms with E-state index < -0.39 is 16.1 Å². The van der Waals surface area contributed by atoms with Gasteiger partial charge in [-0.1, -0.05) is 48.5 Å². The molecule has 2 aromatic carbocycles. The molecule has 1 saturated heterocycles. The monoisotopic (exact) mass is 443 g/mol. The molecule has 31 heavy (non-hydrogen) atoms. The Balaban J connectivity index is 1.36. The Bertz CT molecular complexity index is 1030. The second-order valence-electron chi connectivity index (χ2n) is 8.50. The predicted octanol–water partition coefficient (Wildman–Crippen LogP) is 1.87. The Morgan fingerprint density at radius 2 is 1.74 bits per heavy atom. The Morgan fingerprint density at radius 3 is 2.42 bits per heavy atom. The minimum atomic E-state index is -3.35. The largest absolute Gasteiger partial charge is 0.375 e. The average Bonchev–Trinajstić information content (AvgIpc) is 3.09. The number of rotatable bonds is 6. The van der Waals surface area contributed by atoms with Gasteiger partial charge < -0.3 is 15.4 Å². The standard InChI is InChI=1S/C23H29N3O4S/c1-31(28,29)26-17-23(19-9-5-6-10-21(19)26)11-13-25(14-12-23)22(27)20(24)16-30-15-18-7-3-2-4-8-18/h2-10,20H,11-17,24H2,1H3. The summed E-state index contributed by atoms with van der Waals surface area (Å²) >= 11 is 0. The predicted molar refractivity (Wildman–Crippen MR) is 120 cm³/mol. The molecular weight excluding hydrogens is 414 g/mol. The zero-order chi connectivity index (χ0) is 22.1. The number of para-hydroxylation sites is 1. The van der Waals surface area contributed by atoms with E-state index in [-0.39, 0.29) is 17.9 Å². The Kier molecular flexibility index (Phi) is 6.05. The summed E-state index contributed by atoms with van der Waals surface area (Å²) in [5.41, 5.74) is 8.71. The van der Waals surface area contributed by atoms with Crippen LogP contribution < -0.4 is 10.0 Å². The van der Waals surface area contributed by atoms with E-state index in [9.17, 15) is 13.2 Å². The van der Waals surface area contributed by atoms with Gasteiger partial charge in [-0.25, -0.2) is 8.42 Å². The van der Waals surface area contributed by atoms with Gasteiger partial charge in [-0.2, -0.15) is 0 Å². The fourth-order valence-corrected chi connectivity index (χ4v) is 5.65. The number of benzene rings is 2. The second-order valence-corrected chi connectivity index (χ2v) is 10.4. The number of fused-ring (bicyclic) bond motifs is 2. The van der Waals surface area contributed by atoms with Crippen LogP contribution in [0.1, 0.15) is 24.0 Å². The average molecular weight is 444 g/mol. The fourth-order valence-electron chi connectivity index (χ4n) is 4.65. The van der Waals surface area contributed by atoms with Crippen molar-refractivity contribution in [1.82, 2.24) is 4.90 Å². The molecule has 8 heteroatoms. The Hall–Kier alpha value is -2.42. The number of piperidine rings is 1. The molecule has 1 fully saturated rings. The van der Waals surface area contributed by atoms with Gasteiger partial charge in [0.05, 0.1) is 25.2 Å². The maximum absolute atomic E-state index is 12.8. The number of anilines is 1. The summed E-state index contributed by atoms with van der Waals surface area (Å²) in [6.45, 7) is 2.12. The summed E-state index contributed by atoms with van der Waals surface area (Å²) in [6, 6.07) is 16.8. The number of carbonyl (C=O) groups is 1. The lowest BCUT2D eigenvalue weighted by Gasteiger charge is -2.40. The van der Waals surface area contributed by atoms with Crippen LogP contribution in [0.15, 0.2) is 54.6 Å². The van der Waals surface area contributed by atoms with E-state index in [0.29, 0.717) is 39.1 Å². The number of amides is 1. The zero-order valence-electron chi connectivity index (χ0n) is 17.7. The first-order chi connectivity index (χ1) is 14.8. The number of hydrogen-bond donors (Lipinski definition) is 1. The number of nitrogens with zero attached hydrogens (tertiary/aromatic N) is 2. The third-order valence-corrected chi connectivity index (χ3v) is 7.48. The summed E-state index contributed by atoms with van der Waals surface area (Å²) in [4.78, 5) is 14.6. The minimum Gasteiger partial charge on any atom is -0.375 e. The van der Waals surface area contributed by atoms with Gasteiger partial charge >= 0.3 is 0 Å². The highest BCUT2D eigenvalue weighted by Crippen LogP contribution is 2.47. The Labute approximate surface area is 183 Å². The molecular formula is C23H29N3O4S. The first kappa shape index (κ1) is 21.8. The van der Waals surface area contributed by atoms with Crippen LogP contribution in [0.2, 0.25) is 0 Å². The van der Waals surface area contributed by atoms with Crippen LogP contribution in [0.4, 0.5) is 5.69 Å². The van der Waals surface area contributed by atoms with E-state index in [2.05, 4.69) is 0 Å². The van der Waals surface area contributed by atoms with Crippen LogP contribution in [0.5, 0.6) is 0 Å². The smallest absolute Gasteiger partial charge is 0.241 e. The van der Waals surface area contributed by atoms with Crippen LogP contribution in [0, 0.1) is 0 Å². The number of ether oxygens (including phenoxy) is 1. The van der Waals surface area contributed by atoms with Crippen LogP contribution in [-0.2, 0) is 31.6 Å². The number of likely N-dealkylation sites (tertiary alicyclic amines) is 1. The summed E-state index contributed by atoms with van der Waals surface area (Å²) in [5.74, 6) is -0.117. The first-order valence-corrected chi connectivity index (χ1v) is 12.4. The molecule has 1 amide bonds. The fraction of sp³-hybridized carbons (Fsp3) is 0.435. The number of carbonyl (C=O) groups excluding carboxylic acids is 1. The zero-order valence-corrected chi connectivity index (χ0v) is 18.6. The van der Waals surface area contributed by atoms with Gasteiger partial charge in [0.15, 0.2) is 0 Å². The number of sulfonamides is 1. The first-order valence-electron chi connectivity index (χ1n) is 10.5. The van der Waals surface area contributed by atoms with Crippen molar-refractivity contribution in [3.8, 4) is 0 Å². The van der Waals surface area contributed by atoms with E-state index in [4.69, 9.17) is 10.5 Å². The van der Waals surface area contributed by atoms with E-state index >= 15 is 0 Å². The molecule has 2 aliphatic rings. The van der Waals surface area contributed by atoms with E-state index in [0.717, 1.165) is 16.8 Å². The molecule has 166 valence electrons. The van der Waals surface area contributed by atoms with Crippen molar-refractivity contribution in [2.24, 2.45) is 5.73 Å². The highest BCUT2D eigenvalue weighted by Gasteiger charge is 2.47. The van der Waals surface area contributed by atoms with Crippen LogP contribution >= 0.6 is 0 Å². The minimum absolute atomic E-state index is 0.117. The topological polar surface area (TPSA) is 92.9 Å². The van der Waals surface area contributed by atoms with Gasteiger partial charge in [0, 0.05) is 25.0 Å². The molecule has 2 aromatic rings. The molecule has 7 nitrogen and oxygen atoms in total. The highest BCUT2D eigenvalue weighted by atomic mass is 32.2. The van der Waals surface area contributed by atoms with Crippen molar-refractivity contribution in [3.63, 3.8) is 0 Å². The third kappa shape index (κ3) is 4.46. The molecule has 0 bridgehead atoms. The lowest BCUT2D eigenvalue weighted by molar-refractivity contribution is -0.135. The Morgan fingerprint density at radius 1 is 1.10 bits per heavy atom. The second kappa shape index (κ2) is 8.61. The van der Waals surface area contributed by atoms with Crippen molar-refractivity contribution in [3.05, 3.63) is 65.7 Å². The van der Waals surface area contributed by atoms with E-state index in [1.54, 1.807) is 4.90 Å². The molecule has 0 radical (unpaired) electrons. The van der Waals surface area contributed by atoms with Gasteiger partial charge in [0.1, 0.15) is 6.04 Å². The van der Waals surface area contributed by atoms with Crippen molar-refractivity contribution in [2.75, 3.05) is 36.8 Å². The maximum atomic E-state index is 12.8. The molecule has 2 heterocycles. The molecule has 0 aliphatic carbocycles. The lowest BCUT2D eigenvalue weighted by Crippen LogP contribution is -2.52. The molecule has 0 aromatic heterocycles. The van der Waals surface area contributed by atoms with Crippen molar-refractivity contribution in [2.45, 2.75) is 30.9 Å². The highest BCUT2D eigenvalue weighted by molar-refractivity contribution is 7.92. The molecule has 2 aliphatic heterocycles. The summed E-state index contributed by atoms with van der Waals surface area (Å²) < 4.78 is 31.8. The molecule has 1 unspecified atom stereocenters.